The van der Waals surface area contributed by atoms with E-state index in [-0.39, 0.29) is 11.6 Å². The van der Waals surface area contributed by atoms with Crippen LogP contribution >= 0.6 is 23.2 Å². The minimum Gasteiger partial charge on any atom is -0.316 e. The van der Waals surface area contributed by atoms with Crippen LogP contribution in [-0.2, 0) is 21.0 Å². The van der Waals surface area contributed by atoms with E-state index in [1.807, 2.05) is 24.3 Å². The molecule has 25 heavy (non-hydrogen) atoms. The monoisotopic (exact) mass is 376 g/mol. The van der Waals surface area contributed by atoms with Crippen LogP contribution in [-0.4, -0.2) is 23.0 Å². The lowest BCUT2D eigenvalue weighted by Gasteiger charge is -2.16. The van der Waals surface area contributed by atoms with E-state index >= 15 is 0 Å². The van der Waals surface area contributed by atoms with Crippen LogP contribution in [0.3, 0.4) is 0 Å². The lowest BCUT2D eigenvalue weighted by molar-refractivity contribution is -0.142. The summed E-state index contributed by atoms with van der Waals surface area (Å²) in [5.41, 5.74) is 2.31. The Bertz CT molecular complexity index is 848. The highest BCUT2D eigenvalue weighted by Crippen LogP contribution is 2.31. The van der Waals surface area contributed by atoms with Gasteiger partial charge >= 0.3 is 5.97 Å². The molecule has 0 bridgehead atoms. The van der Waals surface area contributed by atoms with Gasteiger partial charge in [0.2, 0.25) is 0 Å². The van der Waals surface area contributed by atoms with Gasteiger partial charge in [0.05, 0.1) is 12.2 Å². The Kier molecular flexibility index (Phi) is 5.06. The first-order valence-corrected chi connectivity index (χ1v) is 8.37. The first-order valence-electron chi connectivity index (χ1n) is 7.56. The molecule has 0 unspecified atom stereocenters. The average Bonchev–Trinajstić information content (AvgIpc) is 2.86. The van der Waals surface area contributed by atoms with Gasteiger partial charge < -0.3 is 9.74 Å². The zero-order chi connectivity index (χ0) is 18.0. The molecule has 1 aliphatic heterocycles. The van der Waals surface area contributed by atoms with E-state index < -0.39 is 11.3 Å². The molecule has 0 radical (unpaired) electrons. The fraction of sp³-hybridized carbons (Fsp3) is 0.167. The highest BCUT2D eigenvalue weighted by Gasteiger charge is 2.34. The summed E-state index contributed by atoms with van der Waals surface area (Å²) in [7, 11) is 0. The van der Waals surface area contributed by atoms with Gasteiger partial charge in [-0.3, -0.25) is 4.79 Å². The van der Waals surface area contributed by atoms with E-state index in [2.05, 4.69) is 5.16 Å². The second kappa shape index (κ2) is 7.25. The molecule has 2 aromatic carbocycles. The number of alkyl halides is 1. The number of carbonyl (C=O) groups excluding carboxylic acids is 2. The van der Waals surface area contributed by atoms with E-state index in [0.29, 0.717) is 22.8 Å². The molecule has 3 rings (SSSR count). The predicted molar refractivity (Wildman–Crippen MR) is 97.0 cm³/mol. The van der Waals surface area contributed by atoms with Gasteiger partial charge in [-0.2, -0.15) is 0 Å². The summed E-state index contributed by atoms with van der Waals surface area (Å²) in [5, 5.41) is 3.52. The third-order valence-corrected chi connectivity index (χ3v) is 4.13. The van der Waals surface area contributed by atoms with Crippen molar-refractivity contribution < 1.29 is 14.4 Å². The molecule has 1 aliphatic rings. The topological polar surface area (TPSA) is 59.0 Å². The van der Waals surface area contributed by atoms with Crippen LogP contribution in [0.15, 0.2) is 53.7 Å². The summed E-state index contributed by atoms with van der Waals surface area (Å²) in [5.74, 6) is -1.05. The summed E-state index contributed by atoms with van der Waals surface area (Å²) in [4.78, 5) is 30.6. The zero-order valence-corrected chi connectivity index (χ0v) is 14.8. The van der Waals surface area contributed by atoms with Crippen molar-refractivity contribution >= 4 is 46.5 Å². The van der Waals surface area contributed by atoms with Crippen molar-refractivity contribution in [2.45, 2.75) is 18.8 Å². The number of fused-ring (bicyclic) bond motifs is 1. The highest BCUT2D eigenvalue weighted by atomic mass is 35.5. The van der Waals surface area contributed by atoms with Crippen LogP contribution in [0.25, 0.3) is 0 Å². The van der Waals surface area contributed by atoms with Gasteiger partial charge in [0, 0.05) is 10.6 Å². The molecular formula is C18H14Cl2N2O3. The fourth-order valence-corrected chi connectivity index (χ4v) is 2.61. The molecule has 0 spiro atoms. The van der Waals surface area contributed by atoms with Crippen molar-refractivity contribution in [3.05, 3.63) is 64.7 Å². The number of hydrogen-bond acceptors (Lipinski definition) is 4. The van der Waals surface area contributed by atoms with E-state index in [1.165, 1.54) is 6.92 Å². The van der Waals surface area contributed by atoms with Crippen LogP contribution in [0.4, 0.5) is 5.69 Å². The number of amides is 1. The van der Waals surface area contributed by atoms with Gasteiger partial charge in [-0.1, -0.05) is 47.1 Å². The van der Waals surface area contributed by atoms with E-state index in [4.69, 9.17) is 28.0 Å². The van der Waals surface area contributed by atoms with Gasteiger partial charge in [0.1, 0.15) is 5.38 Å². The minimum atomic E-state index is -0.846. The third kappa shape index (κ3) is 3.67. The molecule has 1 heterocycles. The Morgan fingerprint density at radius 1 is 1.20 bits per heavy atom. The summed E-state index contributed by atoms with van der Waals surface area (Å²) < 4.78 is 0. The van der Waals surface area contributed by atoms with Crippen LogP contribution in [0.1, 0.15) is 18.1 Å². The SMILES string of the molecule is C[C@H](Cl)C(=O)O/N=C1/C(=O)N(Cc2ccc(Cl)cc2)c2ccccc21. The van der Waals surface area contributed by atoms with Gasteiger partial charge in [0.15, 0.2) is 5.71 Å². The summed E-state index contributed by atoms with van der Waals surface area (Å²) in [6.45, 7) is 1.83. The maximum atomic E-state index is 12.8. The number of anilines is 1. The lowest BCUT2D eigenvalue weighted by atomic mass is 10.1. The Balaban J connectivity index is 1.91. The van der Waals surface area contributed by atoms with Gasteiger partial charge in [-0.05, 0) is 30.7 Å². The number of hydrogen-bond donors (Lipinski definition) is 0. The maximum Gasteiger partial charge on any atom is 0.352 e. The normalized spacial score (nSPS) is 16.0. The van der Waals surface area contributed by atoms with Crippen LogP contribution < -0.4 is 4.90 Å². The van der Waals surface area contributed by atoms with Gasteiger partial charge in [-0.15, -0.1) is 11.6 Å². The second-order valence-corrected chi connectivity index (χ2v) is 6.59. The summed E-state index contributed by atoms with van der Waals surface area (Å²) in [6, 6.07) is 14.4. The number of nitrogens with zero attached hydrogens (tertiary/aromatic N) is 2. The molecule has 0 saturated heterocycles. The smallest absolute Gasteiger partial charge is 0.316 e. The number of benzene rings is 2. The van der Waals surface area contributed by atoms with Crippen molar-refractivity contribution in [1.29, 1.82) is 0 Å². The minimum absolute atomic E-state index is 0.0789. The number of rotatable bonds is 4. The Hall–Kier alpha value is -2.37. The van der Waals surface area contributed by atoms with Crippen molar-refractivity contribution in [2.24, 2.45) is 5.16 Å². The van der Waals surface area contributed by atoms with E-state index in [0.717, 1.165) is 5.56 Å². The van der Waals surface area contributed by atoms with Gasteiger partial charge in [0.25, 0.3) is 5.91 Å². The molecule has 0 N–H and O–H groups in total. The average molecular weight is 377 g/mol. The molecule has 0 aliphatic carbocycles. The van der Waals surface area contributed by atoms with Crippen molar-refractivity contribution in [1.82, 2.24) is 0 Å². The molecular weight excluding hydrogens is 363 g/mol. The molecule has 0 saturated carbocycles. The zero-order valence-electron chi connectivity index (χ0n) is 13.3. The molecule has 0 aromatic heterocycles. The molecule has 1 atom stereocenters. The molecule has 0 fully saturated rings. The molecule has 2 aromatic rings. The quantitative estimate of drug-likeness (QED) is 0.463. The second-order valence-electron chi connectivity index (χ2n) is 5.50. The highest BCUT2D eigenvalue weighted by molar-refractivity contribution is 6.54. The van der Waals surface area contributed by atoms with Crippen molar-refractivity contribution in [2.75, 3.05) is 4.90 Å². The van der Waals surface area contributed by atoms with Crippen molar-refractivity contribution in [3.8, 4) is 0 Å². The maximum absolute atomic E-state index is 12.8. The predicted octanol–water partition coefficient (Wildman–Crippen LogP) is 3.76. The third-order valence-electron chi connectivity index (χ3n) is 3.70. The lowest BCUT2D eigenvalue weighted by Crippen LogP contribution is -2.30. The molecule has 1 amide bonds. The largest absolute Gasteiger partial charge is 0.352 e. The summed E-state index contributed by atoms with van der Waals surface area (Å²) >= 11 is 11.5. The standard InChI is InChI=1S/C18H14Cl2N2O3/c1-11(19)18(24)25-21-16-14-4-2-3-5-15(14)22(17(16)23)10-12-6-8-13(20)9-7-12/h2-9,11H,10H2,1H3/b21-16+/t11-/m0/s1. The van der Waals surface area contributed by atoms with Crippen molar-refractivity contribution in [3.63, 3.8) is 0 Å². The fourth-order valence-electron chi connectivity index (χ4n) is 2.44. The molecule has 7 heteroatoms. The van der Waals surface area contributed by atoms with Gasteiger partial charge in [-0.25, -0.2) is 4.79 Å². The first kappa shape index (κ1) is 17.5. The number of para-hydroxylation sites is 1. The van der Waals surface area contributed by atoms with Crippen LogP contribution in [0.5, 0.6) is 0 Å². The van der Waals surface area contributed by atoms with Crippen LogP contribution in [0.2, 0.25) is 5.02 Å². The number of carbonyl (C=O) groups is 2. The Labute approximate surface area is 154 Å². The van der Waals surface area contributed by atoms with Crippen LogP contribution in [0, 0.1) is 0 Å². The first-order chi connectivity index (χ1) is 12.0. The van der Waals surface area contributed by atoms with E-state index in [9.17, 15) is 9.59 Å². The molecule has 128 valence electrons. The number of oxime groups is 1. The summed E-state index contributed by atoms with van der Waals surface area (Å²) in [6.07, 6.45) is 0. The van der Waals surface area contributed by atoms with E-state index in [1.54, 1.807) is 29.2 Å². The Morgan fingerprint density at radius 2 is 1.88 bits per heavy atom. The molecule has 5 nitrogen and oxygen atoms in total. The number of halogens is 2. The Morgan fingerprint density at radius 3 is 2.56 bits per heavy atom.